The van der Waals surface area contributed by atoms with Gasteiger partial charge in [0.1, 0.15) is 5.60 Å². The van der Waals surface area contributed by atoms with Crippen molar-refractivity contribution in [3.05, 3.63) is 0 Å². The zero-order chi connectivity index (χ0) is 11.7. The topological polar surface area (TPSA) is 38.3 Å². The molecule has 1 unspecified atom stereocenters. The van der Waals surface area contributed by atoms with Gasteiger partial charge in [0.25, 0.3) is 0 Å². The van der Waals surface area contributed by atoms with Gasteiger partial charge in [-0.15, -0.1) is 0 Å². The lowest BCUT2D eigenvalue weighted by Crippen LogP contribution is -2.43. The van der Waals surface area contributed by atoms with E-state index >= 15 is 0 Å². The fourth-order valence-corrected chi connectivity index (χ4v) is 2.04. The Kier molecular flexibility index (Phi) is 3.31. The Morgan fingerprint density at radius 3 is 2.40 bits per heavy atom. The zero-order valence-corrected chi connectivity index (χ0v) is 10.5. The summed E-state index contributed by atoms with van der Waals surface area (Å²) < 4.78 is 5.24. The summed E-state index contributed by atoms with van der Waals surface area (Å²) in [6.45, 7) is 10.0. The quantitative estimate of drug-likeness (QED) is 0.727. The van der Waals surface area contributed by atoms with Crippen molar-refractivity contribution >= 4 is 6.09 Å². The molecule has 0 aromatic carbocycles. The number of alkyl carbamates (subject to hydrolysis) is 1. The van der Waals surface area contributed by atoms with Crippen molar-refractivity contribution in [2.45, 2.75) is 65.5 Å². The van der Waals surface area contributed by atoms with Crippen molar-refractivity contribution in [1.29, 1.82) is 0 Å². The fourth-order valence-electron chi connectivity index (χ4n) is 2.04. The van der Waals surface area contributed by atoms with E-state index in [0.717, 1.165) is 6.42 Å². The van der Waals surface area contributed by atoms with Gasteiger partial charge < -0.3 is 10.1 Å². The Bertz CT molecular complexity index is 240. The predicted octanol–water partition coefficient (Wildman–Crippen LogP) is 3.09. The minimum Gasteiger partial charge on any atom is -0.444 e. The van der Waals surface area contributed by atoms with E-state index in [2.05, 4.69) is 19.2 Å². The lowest BCUT2D eigenvalue weighted by molar-refractivity contribution is 0.0472. The molecule has 0 aliphatic heterocycles. The fraction of sp³-hybridized carbons (Fsp3) is 0.917. The average Bonchev–Trinajstić information content (AvgIpc) is 2.26. The first-order valence-electron chi connectivity index (χ1n) is 5.70. The van der Waals surface area contributed by atoms with Crippen LogP contribution < -0.4 is 5.32 Å². The van der Waals surface area contributed by atoms with E-state index in [0.29, 0.717) is 0 Å². The number of rotatable bonds is 1. The number of carbonyl (C=O) groups excluding carboxylic acids is 1. The molecular formula is C12H23NO2. The minimum absolute atomic E-state index is 0.205. The van der Waals surface area contributed by atoms with Gasteiger partial charge in [0.2, 0.25) is 0 Å². The van der Waals surface area contributed by atoms with Gasteiger partial charge in [-0.3, -0.25) is 0 Å². The largest absolute Gasteiger partial charge is 0.444 e. The van der Waals surface area contributed by atoms with Crippen molar-refractivity contribution in [3.8, 4) is 0 Å². The van der Waals surface area contributed by atoms with Crippen molar-refractivity contribution in [1.82, 2.24) is 5.32 Å². The summed E-state index contributed by atoms with van der Waals surface area (Å²) >= 11 is 0. The summed E-state index contributed by atoms with van der Waals surface area (Å²) in [4.78, 5) is 11.6. The van der Waals surface area contributed by atoms with Gasteiger partial charge in [-0.05, 0) is 39.0 Å². The third-order valence-corrected chi connectivity index (χ3v) is 2.95. The van der Waals surface area contributed by atoms with Crippen molar-refractivity contribution < 1.29 is 9.53 Å². The molecule has 0 aromatic heterocycles. The van der Waals surface area contributed by atoms with Crippen LogP contribution in [0.2, 0.25) is 0 Å². The first-order valence-corrected chi connectivity index (χ1v) is 5.70. The predicted molar refractivity (Wildman–Crippen MR) is 60.8 cm³/mol. The molecule has 1 N–H and O–H groups in total. The van der Waals surface area contributed by atoms with E-state index in [1.165, 1.54) is 12.8 Å². The Balaban J connectivity index is 2.45. The molecule has 3 heteroatoms. The lowest BCUT2D eigenvalue weighted by atomic mass is 9.87. The maximum Gasteiger partial charge on any atom is 0.407 e. The molecule has 0 aromatic rings. The standard InChI is InChI=1S/C12H23NO2/c1-11(2,3)15-10(14)13-9-7-6-8-12(9,4)5/h9H,6-8H2,1-5H3,(H,13,14). The van der Waals surface area contributed by atoms with Gasteiger partial charge in [-0.25, -0.2) is 4.79 Å². The van der Waals surface area contributed by atoms with Crippen LogP contribution in [0.5, 0.6) is 0 Å². The summed E-state index contributed by atoms with van der Waals surface area (Å²) in [7, 11) is 0. The highest BCUT2D eigenvalue weighted by Gasteiger charge is 2.36. The van der Waals surface area contributed by atoms with Gasteiger partial charge in [-0.2, -0.15) is 0 Å². The molecule has 0 bridgehead atoms. The number of nitrogens with one attached hydrogen (secondary N) is 1. The number of ether oxygens (including phenoxy) is 1. The summed E-state index contributed by atoms with van der Waals surface area (Å²) in [5, 5.41) is 2.96. The number of amides is 1. The molecule has 0 saturated heterocycles. The number of hydrogen-bond donors (Lipinski definition) is 1. The molecule has 1 atom stereocenters. The molecule has 1 fully saturated rings. The van der Waals surface area contributed by atoms with Crippen molar-refractivity contribution in [2.75, 3.05) is 0 Å². The smallest absolute Gasteiger partial charge is 0.407 e. The second-order valence-corrected chi connectivity index (χ2v) is 6.08. The molecule has 1 saturated carbocycles. The van der Waals surface area contributed by atoms with Gasteiger partial charge in [-0.1, -0.05) is 20.3 Å². The minimum atomic E-state index is -0.410. The monoisotopic (exact) mass is 213 g/mol. The molecular weight excluding hydrogens is 190 g/mol. The highest BCUT2D eigenvalue weighted by molar-refractivity contribution is 5.68. The first kappa shape index (κ1) is 12.3. The molecule has 0 heterocycles. The van der Waals surface area contributed by atoms with E-state index < -0.39 is 5.60 Å². The van der Waals surface area contributed by atoms with Crippen LogP contribution in [0.25, 0.3) is 0 Å². The van der Waals surface area contributed by atoms with Gasteiger partial charge in [0.05, 0.1) is 0 Å². The molecule has 88 valence electrons. The van der Waals surface area contributed by atoms with Crippen molar-refractivity contribution in [2.24, 2.45) is 5.41 Å². The lowest BCUT2D eigenvalue weighted by Gasteiger charge is -2.29. The van der Waals surface area contributed by atoms with Crippen LogP contribution in [-0.2, 0) is 4.74 Å². The maximum absolute atomic E-state index is 11.6. The second kappa shape index (κ2) is 4.03. The molecule has 1 amide bonds. The third-order valence-electron chi connectivity index (χ3n) is 2.95. The summed E-state index contributed by atoms with van der Waals surface area (Å²) in [5.74, 6) is 0. The van der Waals surface area contributed by atoms with Crippen LogP contribution in [-0.4, -0.2) is 17.7 Å². The SMILES string of the molecule is CC(C)(C)OC(=O)NC1CCCC1(C)C. The van der Waals surface area contributed by atoms with Crippen LogP contribution in [0.15, 0.2) is 0 Å². The molecule has 1 aliphatic rings. The Hall–Kier alpha value is -0.730. The highest BCUT2D eigenvalue weighted by Crippen LogP contribution is 2.37. The van der Waals surface area contributed by atoms with Gasteiger partial charge in [0.15, 0.2) is 0 Å². The third kappa shape index (κ3) is 3.73. The first-order chi connectivity index (χ1) is 6.71. The zero-order valence-electron chi connectivity index (χ0n) is 10.5. The van der Waals surface area contributed by atoms with Gasteiger partial charge >= 0.3 is 6.09 Å². The van der Waals surface area contributed by atoms with Crippen LogP contribution in [0.4, 0.5) is 4.79 Å². The average molecular weight is 213 g/mol. The molecule has 0 radical (unpaired) electrons. The second-order valence-electron chi connectivity index (χ2n) is 6.08. The van der Waals surface area contributed by atoms with Crippen LogP contribution in [0, 0.1) is 5.41 Å². The van der Waals surface area contributed by atoms with Crippen molar-refractivity contribution in [3.63, 3.8) is 0 Å². The number of hydrogen-bond acceptors (Lipinski definition) is 2. The van der Waals surface area contributed by atoms with E-state index in [-0.39, 0.29) is 17.6 Å². The Morgan fingerprint density at radius 1 is 1.40 bits per heavy atom. The van der Waals surface area contributed by atoms with Crippen LogP contribution in [0.1, 0.15) is 53.9 Å². The van der Waals surface area contributed by atoms with E-state index in [4.69, 9.17) is 4.74 Å². The van der Waals surface area contributed by atoms with E-state index in [1.807, 2.05) is 20.8 Å². The molecule has 1 aliphatic carbocycles. The highest BCUT2D eigenvalue weighted by atomic mass is 16.6. The summed E-state index contributed by atoms with van der Waals surface area (Å²) in [6, 6.07) is 0.257. The summed E-state index contributed by atoms with van der Waals surface area (Å²) in [6.07, 6.45) is 3.13. The summed E-state index contributed by atoms with van der Waals surface area (Å²) in [5.41, 5.74) is -0.205. The molecule has 15 heavy (non-hydrogen) atoms. The number of carbonyl (C=O) groups is 1. The van der Waals surface area contributed by atoms with Gasteiger partial charge in [0, 0.05) is 6.04 Å². The van der Waals surface area contributed by atoms with Crippen LogP contribution in [0.3, 0.4) is 0 Å². The van der Waals surface area contributed by atoms with E-state index in [9.17, 15) is 4.79 Å². The maximum atomic E-state index is 11.6. The normalized spacial score (nSPS) is 25.0. The van der Waals surface area contributed by atoms with E-state index in [1.54, 1.807) is 0 Å². The Morgan fingerprint density at radius 2 is 2.00 bits per heavy atom. The molecule has 3 nitrogen and oxygen atoms in total. The Labute approximate surface area is 92.6 Å². The molecule has 0 spiro atoms. The molecule has 1 rings (SSSR count). The van der Waals surface area contributed by atoms with Crippen LogP contribution >= 0.6 is 0 Å².